The first kappa shape index (κ1) is 16.0. The second-order valence-electron chi connectivity index (χ2n) is 6.23. The molecule has 0 radical (unpaired) electrons. The minimum Gasteiger partial charge on any atom is -0.320 e. The van der Waals surface area contributed by atoms with E-state index in [2.05, 4.69) is 30.4 Å². The predicted molar refractivity (Wildman–Crippen MR) is 84.2 cm³/mol. The van der Waals surface area contributed by atoms with E-state index in [1.807, 2.05) is 0 Å². The van der Waals surface area contributed by atoms with Crippen molar-refractivity contribution in [2.24, 2.45) is 17.1 Å². The highest BCUT2D eigenvalue weighted by atomic mass is 32.2. The van der Waals surface area contributed by atoms with Crippen LogP contribution < -0.4 is 10.5 Å². The van der Waals surface area contributed by atoms with Crippen LogP contribution in [0.5, 0.6) is 0 Å². The maximum Gasteiger partial charge on any atom is 0.240 e. The van der Waals surface area contributed by atoms with E-state index >= 15 is 0 Å². The van der Waals surface area contributed by atoms with Crippen LogP contribution in [-0.4, -0.2) is 21.5 Å². The summed E-state index contributed by atoms with van der Waals surface area (Å²) in [5.74, 6) is 6.03. The molecular weight excluding hydrogens is 284 g/mol. The molecule has 4 nitrogen and oxygen atoms in total. The number of hydrogen-bond acceptors (Lipinski definition) is 3. The molecule has 0 spiro atoms. The Morgan fingerprint density at radius 3 is 2.67 bits per heavy atom. The molecule has 1 saturated carbocycles. The fraction of sp³-hybridized carbons (Fsp3) is 0.500. The summed E-state index contributed by atoms with van der Waals surface area (Å²) in [4.78, 5) is 0.296. The maximum atomic E-state index is 12.4. The highest BCUT2D eigenvalue weighted by molar-refractivity contribution is 7.89. The zero-order chi connectivity index (χ0) is 15.7. The molecule has 0 amide bonds. The molecule has 0 heterocycles. The van der Waals surface area contributed by atoms with Gasteiger partial charge < -0.3 is 5.73 Å². The molecule has 1 aliphatic carbocycles. The van der Waals surface area contributed by atoms with Crippen LogP contribution in [0.15, 0.2) is 23.1 Å². The molecule has 1 aliphatic rings. The molecule has 5 heteroatoms. The highest BCUT2D eigenvalue weighted by Crippen LogP contribution is 2.51. The quantitative estimate of drug-likeness (QED) is 0.831. The number of nitrogens with two attached hydrogens (primary N) is 1. The number of nitrogens with one attached hydrogen (secondary N) is 1. The van der Waals surface area contributed by atoms with Gasteiger partial charge in [0.15, 0.2) is 0 Å². The van der Waals surface area contributed by atoms with Crippen LogP contribution >= 0.6 is 0 Å². The summed E-state index contributed by atoms with van der Waals surface area (Å²) in [7, 11) is -3.49. The molecule has 1 unspecified atom stereocenters. The van der Waals surface area contributed by atoms with Gasteiger partial charge in [0.2, 0.25) is 10.0 Å². The number of hydrogen-bond donors (Lipinski definition) is 2. The lowest BCUT2D eigenvalue weighted by atomic mass is 10.1. The molecule has 0 saturated heterocycles. The minimum absolute atomic E-state index is 0.255. The zero-order valence-corrected chi connectivity index (χ0v) is 13.5. The molecule has 0 aliphatic heterocycles. The van der Waals surface area contributed by atoms with Crippen molar-refractivity contribution in [3.8, 4) is 11.8 Å². The van der Waals surface area contributed by atoms with E-state index in [4.69, 9.17) is 5.73 Å². The van der Waals surface area contributed by atoms with Crippen molar-refractivity contribution in [1.82, 2.24) is 4.72 Å². The van der Waals surface area contributed by atoms with Gasteiger partial charge >= 0.3 is 0 Å². The van der Waals surface area contributed by atoms with Crippen molar-refractivity contribution in [2.75, 3.05) is 13.1 Å². The molecular formula is C16H22N2O2S. The largest absolute Gasteiger partial charge is 0.320 e. The molecule has 3 N–H and O–H groups in total. The zero-order valence-electron chi connectivity index (χ0n) is 12.7. The second-order valence-corrected chi connectivity index (χ2v) is 7.96. The number of aryl methyl sites for hydroxylation is 1. The Kier molecular flexibility index (Phi) is 4.43. The van der Waals surface area contributed by atoms with Crippen LogP contribution in [0.1, 0.15) is 31.4 Å². The van der Waals surface area contributed by atoms with Gasteiger partial charge in [-0.3, -0.25) is 0 Å². The van der Waals surface area contributed by atoms with Gasteiger partial charge in [0.25, 0.3) is 0 Å². The van der Waals surface area contributed by atoms with Crippen molar-refractivity contribution in [3.05, 3.63) is 29.3 Å². The van der Waals surface area contributed by atoms with E-state index in [1.54, 1.807) is 25.1 Å². The average molecular weight is 306 g/mol. The lowest BCUT2D eigenvalue weighted by Crippen LogP contribution is -2.27. The van der Waals surface area contributed by atoms with E-state index in [-0.39, 0.29) is 12.0 Å². The Balaban J connectivity index is 2.18. The number of rotatable bonds is 4. The molecule has 1 fully saturated rings. The normalized spacial score (nSPS) is 19.7. The summed E-state index contributed by atoms with van der Waals surface area (Å²) in [6.07, 6.45) is 1.07. The van der Waals surface area contributed by atoms with Crippen molar-refractivity contribution in [1.29, 1.82) is 0 Å². The lowest BCUT2D eigenvalue weighted by molar-refractivity contribution is 0.537. The van der Waals surface area contributed by atoms with Crippen LogP contribution in [0.3, 0.4) is 0 Å². The van der Waals surface area contributed by atoms with Gasteiger partial charge in [0.05, 0.1) is 11.4 Å². The molecule has 1 aromatic carbocycles. The van der Waals surface area contributed by atoms with E-state index in [0.717, 1.165) is 12.0 Å². The standard InChI is InChI=1S/C16H22N2O2S/c1-12-6-7-13(5-4-8-17)9-15(12)21(19,20)18-11-14-10-16(14,2)3/h6-7,9,14,18H,8,10-11,17H2,1-3H3. The summed E-state index contributed by atoms with van der Waals surface area (Å²) in [5.41, 5.74) is 6.98. The monoisotopic (exact) mass is 306 g/mol. The van der Waals surface area contributed by atoms with E-state index in [0.29, 0.717) is 22.9 Å². The van der Waals surface area contributed by atoms with Gasteiger partial charge in [-0.15, -0.1) is 0 Å². The fourth-order valence-electron chi connectivity index (χ4n) is 2.33. The van der Waals surface area contributed by atoms with Gasteiger partial charge in [-0.25, -0.2) is 13.1 Å². The molecule has 2 rings (SSSR count). The summed E-state index contributed by atoms with van der Waals surface area (Å²) >= 11 is 0. The third kappa shape index (κ3) is 3.85. The Morgan fingerprint density at radius 1 is 1.43 bits per heavy atom. The fourth-order valence-corrected chi connectivity index (χ4v) is 3.68. The third-order valence-corrected chi connectivity index (χ3v) is 5.62. The van der Waals surface area contributed by atoms with Gasteiger partial charge in [-0.05, 0) is 42.4 Å². The molecule has 0 bridgehead atoms. The summed E-state index contributed by atoms with van der Waals surface area (Å²) in [5, 5.41) is 0. The Hall–Kier alpha value is -1.35. The third-order valence-electron chi connectivity index (χ3n) is 4.05. The number of sulfonamides is 1. The Bertz CT molecular complexity index is 697. The SMILES string of the molecule is Cc1ccc(C#CCN)cc1S(=O)(=O)NCC1CC1(C)C. The Morgan fingerprint density at radius 2 is 2.10 bits per heavy atom. The highest BCUT2D eigenvalue weighted by Gasteiger charge is 2.45. The van der Waals surface area contributed by atoms with Gasteiger partial charge in [-0.2, -0.15) is 0 Å². The lowest BCUT2D eigenvalue weighted by Gasteiger charge is -2.10. The average Bonchev–Trinajstić information content (AvgIpc) is 3.03. The van der Waals surface area contributed by atoms with Crippen molar-refractivity contribution in [3.63, 3.8) is 0 Å². The first-order valence-electron chi connectivity index (χ1n) is 7.05. The van der Waals surface area contributed by atoms with Gasteiger partial charge in [0.1, 0.15) is 0 Å². The van der Waals surface area contributed by atoms with Crippen molar-refractivity contribution in [2.45, 2.75) is 32.1 Å². The van der Waals surface area contributed by atoms with Crippen LogP contribution in [-0.2, 0) is 10.0 Å². The van der Waals surface area contributed by atoms with Crippen LogP contribution in [0, 0.1) is 30.1 Å². The molecule has 1 atom stereocenters. The topological polar surface area (TPSA) is 72.2 Å². The number of benzene rings is 1. The molecule has 0 aromatic heterocycles. The predicted octanol–water partition coefficient (Wildman–Crippen LogP) is 1.63. The molecule has 114 valence electrons. The van der Waals surface area contributed by atoms with Crippen molar-refractivity contribution < 1.29 is 8.42 Å². The Labute approximate surface area is 127 Å². The van der Waals surface area contributed by atoms with Gasteiger partial charge in [-0.1, -0.05) is 31.8 Å². The minimum atomic E-state index is -3.49. The first-order valence-corrected chi connectivity index (χ1v) is 8.54. The second kappa shape index (κ2) is 5.80. The smallest absolute Gasteiger partial charge is 0.240 e. The molecule has 21 heavy (non-hydrogen) atoms. The van der Waals surface area contributed by atoms with Crippen LogP contribution in [0.2, 0.25) is 0 Å². The van der Waals surface area contributed by atoms with Crippen LogP contribution in [0.25, 0.3) is 0 Å². The summed E-state index contributed by atoms with van der Waals surface area (Å²) < 4.78 is 27.6. The maximum absolute atomic E-state index is 12.4. The van der Waals surface area contributed by atoms with E-state index < -0.39 is 10.0 Å². The van der Waals surface area contributed by atoms with Crippen molar-refractivity contribution >= 4 is 10.0 Å². The van der Waals surface area contributed by atoms with E-state index in [9.17, 15) is 8.42 Å². The molecule has 1 aromatic rings. The van der Waals surface area contributed by atoms with Crippen LogP contribution in [0.4, 0.5) is 0 Å². The summed E-state index contributed by atoms with van der Waals surface area (Å²) in [6, 6.07) is 5.19. The first-order chi connectivity index (χ1) is 9.76. The summed E-state index contributed by atoms with van der Waals surface area (Å²) in [6.45, 7) is 6.84. The van der Waals surface area contributed by atoms with Gasteiger partial charge in [0, 0.05) is 12.1 Å². The van der Waals surface area contributed by atoms with E-state index in [1.165, 1.54) is 0 Å².